The molecule has 0 aliphatic heterocycles. The molecule has 0 unspecified atom stereocenters. The molecule has 0 aliphatic carbocycles. The van der Waals surface area contributed by atoms with Crippen molar-refractivity contribution in [1.29, 1.82) is 5.26 Å². The fourth-order valence-electron chi connectivity index (χ4n) is 1.76. The van der Waals surface area contributed by atoms with Crippen molar-refractivity contribution in [2.75, 3.05) is 6.61 Å². The Bertz CT molecular complexity index is 302. The Morgan fingerprint density at radius 1 is 1.44 bits per heavy atom. The summed E-state index contributed by atoms with van der Waals surface area (Å²) >= 11 is 0. The van der Waals surface area contributed by atoms with E-state index in [4.69, 9.17) is 4.74 Å². The molecular weight excluding hydrogens is 202 g/mol. The van der Waals surface area contributed by atoms with Crippen molar-refractivity contribution < 1.29 is 9.53 Å². The Balaban J connectivity index is 5.24. The molecule has 0 fully saturated rings. The molecule has 90 valence electrons. The lowest BCUT2D eigenvalue weighted by Gasteiger charge is -2.24. The third-order valence-electron chi connectivity index (χ3n) is 2.62. The van der Waals surface area contributed by atoms with E-state index >= 15 is 0 Å². The van der Waals surface area contributed by atoms with Crippen LogP contribution in [0, 0.1) is 16.7 Å². The van der Waals surface area contributed by atoms with Gasteiger partial charge in [-0.3, -0.25) is 0 Å². The Hall–Kier alpha value is -1.30. The van der Waals surface area contributed by atoms with Crippen LogP contribution in [-0.4, -0.2) is 12.6 Å². The minimum Gasteiger partial charge on any atom is -0.465 e. The summed E-state index contributed by atoms with van der Waals surface area (Å²) < 4.78 is 5.02. The first-order valence-electron chi connectivity index (χ1n) is 5.84. The van der Waals surface area contributed by atoms with E-state index < -0.39 is 11.4 Å². The number of ether oxygens (including phenoxy) is 1. The number of nitriles is 1. The van der Waals surface area contributed by atoms with Crippen LogP contribution in [0.15, 0.2) is 11.6 Å². The van der Waals surface area contributed by atoms with E-state index in [1.165, 1.54) is 0 Å². The summed E-state index contributed by atoms with van der Waals surface area (Å²) in [6, 6.07) is 2.14. The molecule has 16 heavy (non-hydrogen) atoms. The zero-order chi connectivity index (χ0) is 12.6. The smallest absolute Gasteiger partial charge is 0.330 e. The van der Waals surface area contributed by atoms with Gasteiger partial charge in [-0.05, 0) is 32.3 Å². The number of carbonyl (C=O) groups excluding carboxylic acids is 1. The molecule has 0 heterocycles. The van der Waals surface area contributed by atoms with Gasteiger partial charge < -0.3 is 4.74 Å². The Labute approximate surface area is 98.1 Å². The third kappa shape index (κ3) is 3.10. The van der Waals surface area contributed by atoms with Crippen LogP contribution in [0.2, 0.25) is 0 Å². The summed E-state index contributed by atoms with van der Waals surface area (Å²) in [6.07, 6.45) is 4.04. The van der Waals surface area contributed by atoms with E-state index in [9.17, 15) is 10.1 Å². The first-order chi connectivity index (χ1) is 7.58. The lowest BCUT2D eigenvalue weighted by molar-refractivity contribution is -0.150. The van der Waals surface area contributed by atoms with Crippen molar-refractivity contribution in [2.24, 2.45) is 5.41 Å². The van der Waals surface area contributed by atoms with Gasteiger partial charge in [0.2, 0.25) is 0 Å². The summed E-state index contributed by atoms with van der Waals surface area (Å²) in [5, 5.41) is 9.31. The predicted molar refractivity (Wildman–Crippen MR) is 63.6 cm³/mol. The van der Waals surface area contributed by atoms with Crippen molar-refractivity contribution in [3.63, 3.8) is 0 Å². The van der Waals surface area contributed by atoms with E-state index in [1.54, 1.807) is 6.92 Å². The van der Waals surface area contributed by atoms with Gasteiger partial charge in [0.05, 0.1) is 12.7 Å². The quantitative estimate of drug-likeness (QED) is 0.513. The maximum Gasteiger partial charge on any atom is 0.330 e. The van der Waals surface area contributed by atoms with Crippen LogP contribution < -0.4 is 0 Å². The Morgan fingerprint density at radius 2 is 2.06 bits per heavy atom. The fourth-order valence-corrected chi connectivity index (χ4v) is 1.76. The van der Waals surface area contributed by atoms with Crippen molar-refractivity contribution in [1.82, 2.24) is 0 Å². The number of esters is 1. The number of carbonyl (C=O) groups is 1. The zero-order valence-electron chi connectivity index (χ0n) is 10.7. The summed E-state index contributed by atoms with van der Waals surface area (Å²) in [7, 11) is 0. The van der Waals surface area contributed by atoms with Crippen LogP contribution >= 0.6 is 0 Å². The molecule has 0 amide bonds. The largest absolute Gasteiger partial charge is 0.465 e. The molecule has 0 N–H and O–H groups in total. The molecule has 0 bridgehead atoms. The van der Waals surface area contributed by atoms with Crippen LogP contribution in [-0.2, 0) is 9.53 Å². The van der Waals surface area contributed by atoms with Crippen molar-refractivity contribution >= 4 is 5.97 Å². The molecule has 0 radical (unpaired) electrons. The Kier molecular flexibility index (Phi) is 6.48. The third-order valence-corrected chi connectivity index (χ3v) is 2.62. The summed E-state index contributed by atoms with van der Waals surface area (Å²) in [5.74, 6) is -0.415. The summed E-state index contributed by atoms with van der Waals surface area (Å²) in [6.45, 7) is 7.85. The van der Waals surface area contributed by atoms with Gasteiger partial charge in [-0.1, -0.05) is 26.3 Å². The minimum absolute atomic E-state index is 0.311. The van der Waals surface area contributed by atoms with E-state index in [2.05, 4.69) is 6.07 Å². The van der Waals surface area contributed by atoms with Gasteiger partial charge in [-0.2, -0.15) is 5.26 Å². The fraction of sp³-hybridized carbons (Fsp3) is 0.692. The van der Waals surface area contributed by atoms with Crippen LogP contribution in [0.5, 0.6) is 0 Å². The molecule has 0 spiro atoms. The topological polar surface area (TPSA) is 50.1 Å². The number of allylic oxidation sites excluding steroid dienone is 1. The normalized spacial score (nSPS) is 15.1. The molecule has 0 aliphatic rings. The first kappa shape index (κ1) is 14.7. The monoisotopic (exact) mass is 223 g/mol. The molecule has 0 aromatic heterocycles. The highest BCUT2D eigenvalue weighted by atomic mass is 16.5. The van der Waals surface area contributed by atoms with E-state index in [-0.39, 0.29) is 0 Å². The van der Waals surface area contributed by atoms with Crippen molar-refractivity contribution in [2.45, 2.75) is 47.0 Å². The molecule has 0 saturated heterocycles. The summed E-state index contributed by atoms with van der Waals surface area (Å²) in [4.78, 5) is 11.9. The number of rotatable bonds is 6. The van der Waals surface area contributed by atoms with Gasteiger partial charge in [0.25, 0.3) is 0 Å². The van der Waals surface area contributed by atoms with Crippen molar-refractivity contribution in [3.05, 3.63) is 11.6 Å². The van der Waals surface area contributed by atoms with E-state index in [1.807, 2.05) is 26.8 Å². The second kappa shape index (κ2) is 7.05. The van der Waals surface area contributed by atoms with Gasteiger partial charge in [0.1, 0.15) is 0 Å². The van der Waals surface area contributed by atoms with Crippen LogP contribution in [0.1, 0.15) is 47.0 Å². The van der Waals surface area contributed by atoms with E-state index in [0.717, 1.165) is 18.4 Å². The molecule has 1 atom stereocenters. The maximum absolute atomic E-state index is 11.9. The van der Waals surface area contributed by atoms with Crippen LogP contribution in [0.25, 0.3) is 0 Å². The second-order valence-corrected chi connectivity index (χ2v) is 3.78. The van der Waals surface area contributed by atoms with Crippen LogP contribution in [0.4, 0.5) is 0 Å². The minimum atomic E-state index is -1.08. The summed E-state index contributed by atoms with van der Waals surface area (Å²) in [5.41, 5.74) is -0.279. The lowest BCUT2D eigenvalue weighted by atomic mass is 9.78. The molecule has 3 nitrogen and oxygen atoms in total. The molecular formula is C13H21NO2. The Morgan fingerprint density at radius 3 is 2.44 bits per heavy atom. The predicted octanol–water partition coefficient (Wildman–Crippen LogP) is 3.22. The molecule has 0 aromatic rings. The standard InChI is InChI=1S/C13H21NO2/c1-5-8-11(4)13(10-14,9-6-2)12(15)16-7-3/h8H,5-7,9H2,1-4H3/b11-8+/t13-/m1/s1. The SMILES string of the molecule is CC/C=C(\C)[C@](C#N)(CCC)C(=O)OCC. The molecule has 0 aromatic carbocycles. The van der Waals surface area contributed by atoms with Gasteiger partial charge >= 0.3 is 5.97 Å². The maximum atomic E-state index is 11.9. The molecule has 0 rings (SSSR count). The van der Waals surface area contributed by atoms with Crippen molar-refractivity contribution in [3.8, 4) is 6.07 Å². The molecule has 3 heteroatoms. The highest BCUT2D eigenvalue weighted by Crippen LogP contribution is 2.33. The highest BCUT2D eigenvalue weighted by Gasteiger charge is 2.41. The van der Waals surface area contributed by atoms with E-state index in [0.29, 0.717) is 13.0 Å². The van der Waals surface area contributed by atoms with Gasteiger partial charge in [-0.15, -0.1) is 0 Å². The number of nitrogens with zero attached hydrogens (tertiary/aromatic N) is 1. The average Bonchev–Trinajstić information content (AvgIpc) is 2.26. The number of hydrogen-bond acceptors (Lipinski definition) is 3. The van der Waals surface area contributed by atoms with Gasteiger partial charge in [0.15, 0.2) is 5.41 Å². The lowest BCUT2D eigenvalue weighted by Crippen LogP contribution is -2.33. The van der Waals surface area contributed by atoms with Gasteiger partial charge in [-0.25, -0.2) is 4.79 Å². The highest BCUT2D eigenvalue weighted by molar-refractivity contribution is 5.83. The second-order valence-electron chi connectivity index (χ2n) is 3.78. The average molecular weight is 223 g/mol. The number of hydrogen-bond donors (Lipinski definition) is 0. The zero-order valence-corrected chi connectivity index (χ0v) is 10.7. The van der Waals surface area contributed by atoms with Gasteiger partial charge in [0, 0.05) is 0 Å². The molecule has 0 saturated carbocycles. The van der Waals surface area contributed by atoms with Crippen LogP contribution in [0.3, 0.4) is 0 Å². The first-order valence-corrected chi connectivity index (χ1v) is 5.84.